The Bertz CT molecular complexity index is 448. The van der Waals surface area contributed by atoms with Crippen LogP contribution in [0.2, 0.25) is 0 Å². The molecule has 0 bridgehead atoms. The first-order valence-electron chi connectivity index (χ1n) is 4.25. The highest BCUT2D eigenvalue weighted by Gasteiger charge is 1.96. The molecule has 0 amide bonds. The van der Waals surface area contributed by atoms with E-state index in [1.807, 2.05) is 6.07 Å². The lowest BCUT2D eigenvalue weighted by Crippen LogP contribution is -1.83. The van der Waals surface area contributed by atoms with Crippen LogP contribution in [0.4, 0.5) is 0 Å². The molecule has 0 saturated heterocycles. The van der Waals surface area contributed by atoms with E-state index in [4.69, 9.17) is 6.42 Å². The van der Waals surface area contributed by atoms with Crippen molar-refractivity contribution in [1.82, 2.24) is 9.97 Å². The molecule has 0 aliphatic rings. The van der Waals surface area contributed by atoms with Gasteiger partial charge in [-0.15, -0.1) is 12.3 Å². The number of nitrogens with zero attached hydrogens (tertiary/aromatic N) is 1. The highest BCUT2D eigenvalue weighted by molar-refractivity contribution is 5.75. The van der Waals surface area contributed by atoms with Gasteiger partial charge < -0.3 is 4.98 Å². The third kappa shape index (κ3) is 1.54. The van der Waals surface area contributed by atoms with Gasteiger partial charge in [0.05, 0.1) is 17.4 Å². The summed E-state index contributed by atoms with van der Waals surface area (Å²) in [5, 5.41) is 0. The fourth-order valence-corrected chi connectivity index (χ4v) is 1.35. The van der Waals surface area contributed by atoms with Crippen LogP contribution in [0.5, 0.6) is 0 Å². The lowest BCUT2D eigenvalue weighted by Gasteiger charge is -1.96. The van der Waals surface area contributed by atoms with Gasteiger partial charge in [-0.05, 0) is 24.1 Å². The SMILES string of the molecule is C#CCCc1ccc2nc[nH]c2c1. The van der Waals surface area contributed by atoms with E-state index in [2.05, 4.69) is 28.0 Å². The Labute approximate surface area is 77.0 Å². The van der Waals surface area contributed by atoms with Gasteiger partial charge in [-0.1, -0.05) is 6.07 Å². The smallest absolute Gasteiger partial charge is 0.0931 e. The van der Waals surface area contributed by atoms with E-state index >= 15 is 0 Å². The molecule has 13 heavy (non-hydrogen) atoms. The van der Waals surface area contributed by atoms with Crippen LogP contribution in [0.3, 0.4) is 0 Å². The largest absolute Gasteiger partial charge is 0.345 e. The van der Waals surface area contributed by atoms with E-state index in [1.165, 1.54) is 5.56 Å². The maximum atomic E-state index is 5.20. The zero-order valence-electron chi connectivity index (χ0n) is 7.25. The van der Waals surface area contributed by atoms with Gasteiger partial charge in [0.2, 0.25) is 0 Å². The van der Waals surface area contributed by atoms with E-state index in [-0.39, 0.29) is 0 Å². The lowest BCUT2D eigenvalue weighted by molar-refractivity contribution is 1.03. The number of fused-ring (bicyclic) bond motifs is 1. The van der Waals surface area contributed by atoms with Gasteiger partial charge in [-0.25, -0.2) is 4.98 Å². The Hall–Kier alpha value is -1.75. The quantitative estimate of drug-likeness (QED) is 0.687. The lowest BCUT2D eigenvalue weighted by atomic mass is 10.1. The minimum atomic E-state index is 0.791. The fraction of sp³-hybridized carbons (Fsp3) is 0.182. The summed E-state index contributed by atoms with van der Waals surface area (Å²) in [4.78, 5) is 7.22. The standard InChI is InChI=1S/C11H10N2/c1-2-3-4-9-5-6-10-11(7-9)13-8-12-10/h1,5-8H,3-4H2,(H,12,13). The van der Waals surface area contributed by atoms with Crippen molar-refractivity contribution in [3.8, 4) is 12.3 Å². The number of hydrogen-bond donors (Lipinski definition) is 1. The molecule has 0 fully saturated rings. The van der Waals surface area contributed by atoms with Crippen LogP contribution in [0.25, 0.3) is 11.0 Å². The van der Waals surface area contributed by atoms with E-state index in [1.54, 1.807) is 6.33 Å². The van der Waals surface area contributed by atoms with Crippen molar-refractivity contribution in [3.05, 3.63) is 30.1 Å². The van der Waals surface area contributed by atoms with Crippen LogP contribution < -0.4 is 0 Å². The summed E-state index contributed by atoms with van der Waals surface area (Å²) in [7, 11) is 0. The third-order valence-corrected chi connectivity index (χ3v) is 2.04. The highest BCUT2D eigenvalue weighted by atomic mass is 14.9. The molecule has 0 aliphatic carbocycles. The molecule has 0 atom stereocenters. The second-order valence-electron chi connectivity index (χ2n) is 2.96. The molecule has 2 aromatic rings. The van der Waals surface area contributed by atoms with Crippen LogP contribution >= 0.6 is 0 Å². The van der Waals surface area contributed by atoms with Crippen molar-refractivity contribution in [2.45, 2.75) is 12.8 Å². The van der Waals surface area contributed by atoms with Gasteiger partial charge in [0, 0.05) is 6.42 Å². The van der Waals surface area contributed by atoms with E-state index in [0.717, 1.165) is 23.9 Å². The molecule has 1 aromatic carbocycles. The zero-order chi connectivity index (χ0) is 9.10. The first-order valence-corrected chi connectivity index (χ1v) is 4.25. The molecule has 1 aromatic heterocycles. The second kappa shape index (κ2) is 3.32. The van der Waals surface area contributed by atoms with Crippen LogP contribution in [0, 0.1) is 12.3 Å². The molecule has 1 heterocycles. The van der Waals surface area contributed by atoms with Crippen molar-refractivity contribution in [2.24, 2.45) is 0 Å². The molecule has 1 N–H and O–H groups in total. The van der Waals surface area contributed by atoms with Crippen molar-refractivity contribution < 1.29 is 0 Å². The number of hydrogen-bond acceptors (Lipinski definition) is 1. The van der Waals surface area contributed by atoms with Gasteiger partial charge >= 0.3 is 0 Å². The number of rotatable bonds is 2. The topological polar surface area (TPSA) is 28.7 Å². The number of aryl methyl sites for hydroxylation is 1. The van der Waals surface area contributed by atoms with E-state index in [9.17, 15) is 0 Å². The highest BCUT2D eigenvalue weighted by Crippen LogP contribution is 2.12. The van der Waals surface area contributed by atoms with Crippen LogP contribution in [-0.4, -0.2) is 9.97 Å². The molecule has 2 rings (SSSR count). The van der Waals surface area contributed by atoms with Gasteiger partial charge in [-0.3, -0.25) is 0 Å². The predicted octanol–water partition coefficient (Wildman–Crippen LogP) is 2.13. The van der Waals surface area contributed by atoms with Crippen molar-refractivity contribution in [3.63, 3.8) is 0 Å². The van der Waals surface area contributed by atoms with Gasteiger partial charge in [0.15, 0.2) is 0 Å². The maximum Gasteiger partial charge on any atom is 0.0931 e. The van der Waals surface area contributed by atoms with Gasteiger partial charge in [-0.2, -0.15) is 0 Å². The summed E-state index contributed by atoms with van der Waals surface area (Å²) in [6.45, 7) is 0. The summed E-state index contributed by atoms with van der Waals surface area (Å²) in [5.41, 5.74) is 3.34. The number of aromatic amines is 1. The monoisotopic (exact) mass is 170 g/mol. The molecule has 2 heteroatoms. The zero-order valence-corrected chi connectivity index (χ0v) is 7.25. The molecule has 0 unspecified atom stereocenters. The normalized spacial score (nSPS) is 10.1. The van der Waals surface area contributed by atoms with Crippen molar-refractivity contribution in [1.29, 1.82) is 0 Å². The van der Waals surface area contributed by atoms with Gasteiger partial charge in [0.25, 0.3) is 0 Å². The second-order valence-corrected chi connectivity index (χ2v) is 2.96. The Balaban J connectivity index is 2.33. The number of nitrogens with one attached hydrogen (secondary N) is 1. The van der Waals surface area contributed by atoms with Crippen molar-refractivity contribution >= 4 is 11.0 Å². The van der Waals surface area contributed by atoms with E-state index in [0.29, 0.717) is 0 Å². The van der Waals surface area contributed by atoms with Crippen molar-refractivity contribution in [2.75, 3.05) is 0 Å². The fourth-order valence-electron chi connectivity index (χ4n) is 1.35. The van der Waals surface area contributed by atoms with E-state index < -0.39 is 0 Å². The van der Waals surface area contributed by atoms with Gasteiger partial charge in [0.1, 0.15) is 0 Å². The minimum Gasteiger partial charge on any atom is -0.345 e. The Morgan fingerprint density at radius 3 is 3.23 bits per heavy atom. The molecular weight excluding hydrogens is 160 g/mol. The summed E-state index contributed by atoms with van der Waals surface area (Å²) in [6.07, 6.45) is 8.63. The Morgan fingerprint density at radius 2 is 2.38 bits per heavy atom. The first-order chi connectivity index (χ1) is 6.40. The number of terminal acetylenes is 1. The third-order valence-electron chi connectivity index (χ3n) is 2.04. The molecular formula is C11H10N2. The first kappa shape index (κ1) is 7.88. The molecule has 0 aliphatic heterocycles. The number of imidazole rings is 1. The number of benzene rings is 1. The average molecular weight is 170 g/mol. The van der Waals surface area contributed by atoms with Crippen LogP contribution in [0.1, 0.15) is 12.0 Å². The van der Waals surface area contributed by atoms with Crippen LogP contribution in [0.15, 0.2) is 24.5 Å². The number of aromatic nitrogens is 2. The minimum absolute atomic E-state index is 0.791. The molecule has 2 nitrogen and oxygen atoms in total. The summed E-state index contributed by atoms with van der Waals surface area (Å²) >= 11 is 0. The molecule has 0 saturated carbocycles. The summed E-state index contributed by atoms with van der Waals surface area (Å²) in [6, 6.07) is 6.18. The number of H-pyrrole nitrogens is 1. The van der Waals surface area contributed by atoms with Crippen LogP contribution in [-0.2, 0) is 6.42 Å². The molecule has 0 spiro atoms. The average Bonchev–Trinajstić information content (AvgIpc) is 2.61. The summed E-state index contributed by atoms with van der Waals surface area (Å²) in [5.74, 6) is 2.63. The predicted molar refractivity (Wildman–Crippen MR) is 53.2 cm³/mol. The summed E-state index contributed by atoms with van der Waals surface area (Å²) < 4.78 is 0. The molecule has 0 radical (unpaired) electrons. The maximum absolute atomic E-state index is 5.20. The Kier molecular flexibility index (Phi) is 2.01. The Morgan fingerprint density at radius 1 is 1.46 bits per heavy atom. The molecule has 64 valence electrons.